The molecule has 1 heterocycles. The van der Waals surface area contributed by atoms with Gasteiger partial charge in [-0.05, 0) is 62.7 Å². The van der Waals surface area contributed by atoms with Crippen LogP contribution in [0.5, 0.6) is 0 Å². The van der Waals surface area contributed by atoms with E-state index in [-0.39, 0.29) is 23.8 Å². The van der Waals surface area contributed by atoms with Crippen LogP contribution in [0.15, 0.2) is 10.7 Å². The van der Waals surface area contributed by atoms with Gasteiger partial charge in [-0.2, -0.15) is 0 Å². The highest BCUT2D eigenvalue weighted by Crippen LogP contribution is 2.55. The fraction of sp³-hybridized carbons (Fsp3) is 0.773. The van der Waals surface area contributed by atoms with E-state index < -0.39 is 5.97 Å². The number of methoxy groups -OCH3 is 1. The molecule has 1 aromatic rings. The van der Waals surface area contributed by atoms with Crippen molar-refractivity contribution in [2.24, 2.45) is 17.8 Å². The second kappa shape index (κ2) is 8.36. The van der Waals surface area contributed by atoms with Crippen LogP contribution in [0.2, 0.25) is 0 Å². The third kappa shape index (κ3) is 4.43. The zero-order valence-corrected chi connectivity index (χ0v) is 17.6. The highest BCUT2D eigenvalue weighted by atomic mass is 16.5. The molecule has 0 atom stereocenters. The molecule has 4 aliphatic carbocycles. The maximum Gasteiger partial charge on any atom is 0.360 e. The van der Waals surface area contributed by atoms with E-state index in [4.69, 9.17) is 4.42 Å². The predicted molar refractivity (Wildman–Crippen MR) is 107 cm³/mol. The summed E-state index contributed by atoms with van der Waals surface area (Å²) < 4.78 is 10.1. The monoisotopic (exact) mass is 403 g/mol. The minimum Gasteiger partial charge on any atom is -0.464 e. The molecule has 0 unspecified atom stereocenters. The van der Waals surface area contributed by atoms with Crippen LogP contribution < -0.4 is 5.32 Å². The Labute approximate surface area is 172 Å². The Bertz CT molecular complexity index is 709. The number of hydrogen-bond donors (Lipinski definition) is 1. The van der Waals surface area contributed by atoms with Crippen LogP contribution in [0, 0.1) is 17.8 Å². The number of oxazole rings is 1. The van der Waals surface area contributed by atoms with Crippen molar-refractivity contribution in [3.8, 4) is 0 Å². The van der Waals surface area contributed by atoms with E-state index in [9.17, 15) is 9.59 Å². The highest BCUT2D eigenvalue weighted by Gasteiger charge is 2.51. The molecule has 2 amide bonds. The molecule has 5 rings (SSSR count). The van der Waals surface area contributed by atoms with E-state index in [1.807, 2.05) is 0 Å². The summed E-state index contributed by atoms with van der Waals surface area (Å²) in [5.41, 5.74) is 0.111. The smallest absolute Gasteiger partial charge is 0.360 e. The molecule has 0 aromatic carbocycles. The maximum absolute atomic E-state index is 13.3. The number of carbonyl (C=O) groups excluding carboxylic acids is 2. The van der Waals surface area contributed by atoms with Gasteiger partial charge in [0.05, 0.1) is 13.7 Å². The Morgan fingerprint density at radius 3 is 2.45 bits per heavy atom. The van der Waals surface area contributed by atoms with E-state index in [0.29, 0.717) is 12.4 Å². The van der Waals surface area contributed by atoms with E-state index in [2.05, 4.69) is 22.0 Å². The Hall–Kier alpha value is -2.05. The lowest BCUT2D eigenvalue weighted by atomic mass is 9.53. The highest BCUT2D eigenvalue weighted by molar-refractivity contribution is 5.86. The quantitative estimate of drug-likeness (QED) is 0.521. The average Bonchev–Trinajstić information content (AvgIpc) is 3.14. The molecular formula is C22H33N3O4. The van der Waals surface area contributed by atoms with Gasteiger partial charge in [-0.15, -0.1) is 0 Å². The molecule has 4 bridgehead atoms. The van der Waals surface area contributed by atoms with Crippen LogP contribution in [-0.4, -0.2) is 41.1 Å². The number of nitrogens with one attached hydrogen (secondary N) is 1. The first-order valence-electron chi connectivity index (χ1n) is 11.1. The summed E-state index contributed by atoms with van der Waals surface area (Å²) in [6.07, 6.45) is 11.8. The van der Waals surface area contributed by atoms with Crippen molar-refractivity contribution in [2.75, 3.05) is 13.7 Å². The standard InChI is InChI=1S/C22H33N3O4/c1-3-4-5-6-25(13-19-23-18(14-29-19)20(26)28-2)21(27)24-22-10-15-7-16(11-22)9-17(8-15)12-22/h14-17H,3-13H2,1-2H3,(H,24,27). The molecule has 4 saturated carbocycles. The minimum atomic E-state index is -0.532. The van der Waals surface area contributed by atoms with Gasteiger partial charge in [0.15, 0.2) is 5.69 Å². The van der Waals surface area contributed by atoms with Gasteiger partial charge in [0.2, 0.25) is 5.89 Å². The van der Waals surface area contributed by atoms with Crippen molar-refractivity contribution in [3.63, 3.8) is 0 Å². The van der Waals surface area contributed by atoms with Crippen LogP contribution in [0.3, 0.4) is 0 Å². The van der Waals surface area contributed by atoms with E-state index >= 15 is 0 Å². The number of nitrogens with zero attached hydrogens (tertiary/aromatic N) is 2. The fourth-order valence-electron chi connectivity index (χ4n) is 6.12. The summed E-state index contributed by atoms with van der Waals surface area (Å²) in [6.45, 7) is 3.07. The molecule has 7 heteroatoms. The van der Waals surface area contributed by atoms with Gasteiger partial charge in [-0.1, -0.05) is 19.8 Å². The van der Waals surface area contributed by atoms with Gasteiger partial charge in [0.1, 0.15) is 6.26 Å². The number of urea groups is 1. The van der Waals surface area contributed by atoms with Crippen LogP contribution in [0.25, 0.3) is 0 Å². The van der Waals surface area contributed by atoms with Crippen molar-refractivity contribution in [3.05, 3.63) is 17.8 Å². The maximum atomic E-state index is 13.3. The number of ether oxygens (including phenoxy) is 1. The predicted octanol–water partition coefficient (Wildman–Crippen LogP) is 4.13. The molecule has 160 valence electrons. The number of esters is 1. The van der Waals surface area contributed by atoms with Gasteiger partial charge in [-0.25, -0.2) is 14.6 Å². The third-order valence-electron chi connectivity index (χ3n) is 7.00. The topological polar surface area (TPSA) is 84.7 Å². The Balaban J connectivity index is 1.43. The molecule has 7 nitrogen and oxygen atoms in total. The van der Waals surface area contributed by atoms with Crippen LogP contribution in [-0.2, 0) is 11.3 Å². The number of carbonyl (C=O) groups is 2. The molecular weight excluding hydrogens is 370 g/mol. The van der Waals surface area contributed by atoms with E-state index in [0.717, 1.165) is 56.3 Å². The largest absolute Gasteiger partial charge is 0.464 e. The van der Waals surface area contributed by atoms with E-state index in [1.165, 1.54) is 32.6 Å². The number of amides is 2. The number of aromatic nitrogens is 1. The summed E-state index contributed by atoms with van der Waals surface area (Å²) in [7, 11) is 1.31. The minimum absolute atomic E-state index is 0.0252. The molecule has 0 spiro atoms. The van der Waals surface area contributed by atoms with Crippen LogP contribution in [0.1, 0.15) is 81.1 Å². The summed E-state index contributed by atoms with van der Waals surface area (Å²) in [4.78, 5) is 30.9. The van der Waals surface area contributed by atoms with E-state index in [1.54, 1.807) is 4.90 Å². The summed E-state index contributed by atoms with van der Waals surface area (Å²) in [5.74, 6) is 2.18. The first kappa shape index (κ1) is 20.2. The zero-order chi connectivity index (χ0) is 20.4. The van der Waals surface area contributed by atoms with Gasteiger partial charge >= 0.3 is 12.0 Å². The van der Waals surface area contributed by atoms with Gasteiger partial charge < -0.3 is 19.4 Å². The second-order valence-electron chi connectivity index (χ2n) is 9.37. The third-order valence-corrected chi connectivity index (χ3v) is 7.00. The normalized spacial score (nSPS) is 29.7. The zero-order valence-electron chi connectivity index (χ0n) is 17.6. The Morgan fingerprint density at radius 1 is 1.21 bits per heavy atom. The Kier molecular flexibility index (Phi) is 5.83. The molecule has 0 radical (unpaired) electrons. The molecule has 1 N–H and O–H groups in total. The lowest BCUT2D eigenvalue weighted by Crippen LogP contribution is -2.61. The Morgan fingerprint density at radius 2 is 1.86 bits per heavy atom. The number of hydrogen-bond acceptors (Lipinski definition) is 5. The molecule has 4 fully saturated rings. The van der Waals surface area contributed by atoms with Crippen LogP contribution >= 0.6 is 0 Å². The molecule has 0 aliphatic heterocycles. The van der Waals surface area contributed by atoms with Crippen molar-refractivity contribution < 1.29 is 18.7 Å². The van der Waals surface area contributed by atoms with Gasteiger partial charge in [0, 0.05) is 12.1 Å². The molecule has 4 aliphatic rings. The van der Waals surface area contributed by atoms with Crippen molar-refractivity contribution >= 4 is 12.0 Å². The SMILES string of the molecule is CCCCCN(Cc1nc(C(=O)OC)co1)C(=O)NC12CC3CC(CC(C3)C1)C2. The average molecular weight is 404 g/mol. The number of rotatable bonds is 8. The lowest BCUT2D eigenvalue weighted by molar-refractivity contribution is -0.0159. The van der Waals surface area contributed by atoms with Crippen LogP contribution in [0.4, 0.5) is 4.79 Å². The summed E-state index contributed by atoms with van der Waals surface area (Å²) in [5, 5.41) is 3.44. The fourth-order valence-corrected chi connectivity index (χ4v) is 6.12. The molecule has 29 heavy (non-hydrogen) atoms. The molecule has 0 saturated heterocycles. The first-order valence-corrected chi connectivity index (χ1v) is 11.1. The molecule has 1 aromatic heterocycles. The van der Waals surface area contributed by atoms with Gasteiger partial charge in [-0.3, -0.25) is 0 Å². The van der Waals surface area contributed by atoms with Crippen molar-refractivity contribution in [1.82, 2.24) is 15.2 Å². The lowest BCUT2D eigenvalue weighted by Gasteiger charge is -2.57. The van der Waals surface area contributed by atoms with Gasteiger partial charge in [0.25, 0.3) is 0 Å². The summed E-state index contributed by atoms with van der Waals surface area (Å²) in [6, 6.07) is -0.0270. The van der Waals surface area contributed by atoms with Crippen molar-refractivity contribution in [2.45, 2.75) is 76.8 Å². The first-order chi connectivity index (χ1) is 14.0. The van der Waals surface area contributed by atoms with Crippen molar-refractivity contribution in [1.29, 1.82) is 0 Å². The number of unbranched alkanes of at least 4 members (excludes halogenated alkanes) is 2. The second-order valence-corrected chi connectivity index (χ2v) is 9.37. The summed E-state index contributed by atoms with van der Waals surface area (Å²) >= 11 is 0.